The van der Waals surface area contributed by atoms with Crippen molar-refractivity contribution < 1.29 is 14.6 Å². The molecular weight excluding hydrogens is 280 g/mol. The number of benzene rings is 2. The van der Waals surface area contributed by atoms with E-state index in [1.165, 1.54) is 0 Å². The van der Waals surface area contributed by atoms with Gasteiger partial charge in [-0.2, -0.15) is 5.26 Å². The fourth-order valence-corrected chi connectivity index (χ4v) is 2.64. The van der Waals surface area contributed by atoms with E-state index in [2.05, 4.69) is 11.4 Å². The molecule has 110 valence electrons. The van der Waals surface area contributed by atoms with Gasteiger partial charge in [0.25, 0.3) is 0 Å². The topological polar surface area (TPSA) is 82.3 Å². The molecule has 0 bridgehead atoms. The number of carboxylic acid groups (broad SMARTS) is 1. The molecule has 0 spiro atoms. The smallest absolute Gasteiger partial charge is 0.405 e. The van der Waals surface area contributed by atoms with Crippen LogP contribution in [0.4, 0.5) is 4.79 Å². The summed E-state index contributed by atoms with van der Waals surface area (Å²) in [5.41, 5.74) is 3.31. The summed E-state index contributed by atoms with van der Waals surface area (Å²) in [5, 5.41) is 20.4. The van der Waals surface area contributed by atoms with E-state index in [1.54, 1.807) is 6.07 Å². The van der Waals surface area contributed by atoms with Crippen molar-refractivity contribution in [3.8, 4) is 22.9 Å². The lowest BCUT2D eigenvalue weighted by Crippen LogP contribution is -2.30. The maximum atomic E-state index is 10.9. The molecule has 5 nitrogen and oxygen atoms in total. The third-order valence-corrected chi connectivity index (χ3v) is 3.68. The summed E-state index contributed by atoms with van der Waals surface area (Å²) in [6, 6.07) is 14.9. The highest BCUT2D eigenvalue weighted by Gasteiger charge is 2.23. The van der Waals surface area contributed by atoms with E-state index in [-0.39, 0.29) is 6.04 Å². The van der Waals surface area contributed by atoms with Crippen molar-refractivity contribution >= 4 is 6.09 Å². The van der Waals surface area contributed by atoms with Gasteiger partial charge in [-0.25, -0.2) is 4.79 Å². The Kier molecular flexibility index (Phi) is 3.67. The van der Waals surface area contributed by atoms with Gasteiger partial charge in [-0.05, 0) is 29.3 Å². The quantitative estimate of drug-likeness (QED) is 0.890. The average molecular weight is 294 g/mol. The van der Waals surface area contributed by atoms with Crippen LogP contribution in [0.25, 0.3) is 11.1 Å². The molecule has 2 aromatic rings. The van der Waals surface area contributed by atoms with Gasteiger partial charge in [0.1, 0.15) is 5.75 Å². The molecule has 2 aromatic carbocycles. The van der Waals surface area contributed by atoms with Crippen molar-refractivity contribution in [1.29, 1.82) is 5.26 Å². The number of carbonyl (C=O) groups is 1. The van der Waals surface area contributed by atoms with E-state index in [0.717, 1.165) is 16.7 Å². The van der Waals surface area contributed by atoms with Crippen LogP contribution >= 0.6 is 0 Å². The van der Waals surface area contributed by atoms with Gasteiger partial charge in [-0.3, -0.25) is 0 Å². The SMILES string of the molecule is N#Cc1cccc(-c2ccc3c(c2)OCCC3NC(=O)O)c1. The fraction of sp³-hybridized carbons (Fsp3) is 0.176. The summed E-state index contributed by atoms with van der Waals surface area (Å²) in [7, 11) is 0. The summed E-state index contributed by atoms with van der Waals surface area (Å²) in [6.07, 6.45) is -0.425. The Bertz CT molecular complexity index is 765. The van der Waals surface area contributed by atoms with Gasteiger partial charge in [0.05, 0.1) is 24.3 Å². The molecule has 3 rings (SSSR count). The van der Waals surface area contributed by atoms with Crippen LogP contribution < -0.4 is 10.1 Å². The average Bonchev–Trinajstić information content (AvgIpc) is 2.54. The van der Waals surface area contributed by atoms with Crippen LogP contribution in [0, 0.1) is 11.3 Å². The zero-order chi connectivity index (χ0) is 15.5. The van der Waals surface area contributed by atoms with E-state index < -0.39 is 6.09 Å². The molecule has 1 aliphatic heterocycles. The second-order valence-electron chi connectivity index (χ2n) is 5.08. The minimum atomic E-state index is -1.04. The molecule has 0 aromatic heterocycles. The zero-order valence-electron chi connectivity index (χ0n) is 11.7. The monoisotopic (exact) mass is 294 g/mol. The van der Waals surface area contributed by atoms with E-state index in [9.17, 15) is 4.79 Å². The van der Waals surface area contributed by atoms with Gasteiger partial charge < -0.3 is 15.2 Å². The van der Waals surface area contributed by atoms with E-state index in [4.69, 9.17) is 15.1 Å². The third-order valence-electron chi connectivity index (χ3n) is 3.68. The first-order valence-electron chi connectivity index (χ1n) is 6.94. The van der Waals surface area contributed by atoms with E-state index >= 15 is 0 Å². The van der Waals surface area contributed by atoms with Crippen LogP contribution in [-0.2, 0) is 0 Å². The van der Waals surface area contributed by atoms with Crippen LogP contribution in [-0.4, -0.2) is 17.8 Å². The number of hydrogen-bond acceptors (Lipinski definition) is 3. The Hall–Kier alpha value is -3.00. The van der Waals surface area contributed by atoms with Crippen molar-refractivity contribution in [2.75, 3.05) is 6.61 Å². The first-order chi connectivity index (χ1) is 10.7. The van der Waals surface area contributed by atoms with Crippen LogP contribution in [0.2, 0.25) is 0 Å². The lowest BCUT2D eigenvalue weighted by molar-refractivity contribution is 0.182. The van der Waals surface area contributed by atoms with Crippen molar-refractivity contribution in [1.82, 2.24) is 5.32 Å². The highest BCUT2D eigenvalue weighted by Crippen LogP contribution is 2.35. The molecule has 1 atom stereocenters. The maximum absolute atomic E-state index is 10.9. The Balaban J connectivity index is 1.97. The molecule has 1 unspecified atom stereocenters. The predicted octanol–water partition coefficient (Wildman–Crippen LogP) is 3.32. The van der Waals surface area contributed by atoms with Crippen molar-refractivity contribution in [2.24, 2.45) is 0 Å². The van der Waals surface area contributed by atoms with Crippen LogP contribution in [0.3, 0.4) is 0 Å². The highest BCUT2D eigenvalue weighted by atomic mass is 16.5. The molecule has 1 amide bonds. The molecular formula is C17H14N2O3. The van der Waals surface area contributed by atoms with Gasteiger partial charge >= 0.3 is 6.09 Å². The molecule has 0 saturated heterocycles. The molecule has 1 aliphatic rings. The van der Waals surface area contributed by atoms with Gasteiger partial charge in [0.15, 0.2) is 0 Å². The van der Waals surface area contributed by atoms with Crippen LogP contribution in [0.5, 0.6) is 5.75 Å². The second-order valence-corrected chi connectivity index (χ2v) is 5.08. The number of nitrogens with zero attached hydrogens (tertiary/aromatic N) is 1. The minimum Gasteiger partial charge on any atom is -0.493 e. The summed E-state index contributed by atoms with van der Waals surface area (Å²) in [5.74, 6) is 0.685. The normalized spacial score (nSPS) is 16.0. The second kappa shape index (κ2) is 5.78. The number of nitriles is 1. The van der Waals surface area contributed by atoms with Crippen molar-refractivity contribution in [3.63, 3.8) is 0 Å². The van der Waals surface area contributed by atoms with Crippen LogP contribution in [0.15, 0.2) is 42.5 Å². The van der Waals surface area contributed by atoms with Crippen LogP contribution in [0.1, 0.15) is 23.6 Å². The Labute approximate surface area is 127 Å². The zero-order valence-corrected chi connectivity index (χ0v) is 11.7. The molecule has 5 heteroatoms. The Morgan fingerprint density at radius 2 is 2.09 bits per heavy atom. The molecule has 0 aliphatic carbocycles. The first kappa shape index (κ1) is 14.0. The van der Waals surface area contributed by atoms with Crippen molar-refractivity contribution in [3.05, 3.63) is 53.6 Å². The fourth-order valence-electron chi connectivity index (χ4n) is 2.64. The van der Waals surface area contributed by atoms with Gasteiger partial charge in [-0.15, -0.1) is 0 Å². The lowest BCUT2D eigenvalue weighted by atomic mass is 9.96. The first-order valence-corrected chi connectivity index (χ1v) is 6.94. The number of amides is 1. The molecule has 0 saturated carbocycles. The number of nitrogens with one attached hydrogen (secondary N) is 1. The number of ether oxygens (including phenoxy) is 1. The summed E-state index contributed by atoms with van der Waals surface area (Å²) in [6.45, 7) is 0.472. The summed E-state index contributed by atoms with van der Waals surface area (Å²) in [4.78, 5) is 10.9. The maximum Gasteiger partial charge on any atom is 0.405 e. The summed E-state index contributed by atoms with van der Waals surface area (Å²) >= 11 is 0. The number of hydrogen-bond donors (Lipinski definition) is 2. The standard InChI is InChI=1S/C17H14N2O3/c18-10-11-2-1-3-12(8-11)13-4-5-14-15(19-17(20)21)6-7-22-16(14)9-13/h1-5,8-9,15,19H,6-7H2,(H,20,21). The van der Waals surface area contributed by atoms with Gasteiger partial charge in [-0.1, -0.05) is 24.3 Å². The Morgan fingerprint density at radius 3 is 2.86 bits per heavy atom. The largest absolute Gasteiger partial charge is 0.493 e. The Morgan fingerprint density at radius 1 is 1.27 bits per heavy atom. The van der Waals surface area contributed by atoms with Gasteiger partial charge in [0.2, 0.25) is 0 Å². The molecule has 1 heterocycles. The van der Waals surface area contributed by atoms with E-state index in [1.807, 2.05) is 36.4 Å². The number of rotatable bonds is 2. The molecule has 0 fully saturated rings. The summed E-state index contributed by atoms with van der Waals surface area (Å²) < 4.78 is 5.66. The molecule has 2 N–H and O–H groups in total. The number of fused-ring (bicyclic) bond motifs is 1. The molecule has 22 heavy (non-hydrogen) atoms. The minimum absolute atomic E-state index is 0.249. The van der Waals surface area contributed by atoms with E-state index in [0.29, 0.717) is 24.3 Å². The third kappa shape index (κ3) is 2.72. The molecule has 0 radical (unpaired) electrons. The van der Waals surface area contributed by atoms with Crippen molar-refractivity contribution in [2.45, 2.75) is 12.5 Å². The highest BCUT2D eigenvalue weighted by molar-refractivity contribution is 5.69. The lowest BCUT2D eigenvalue weighted by Gasteiger charge is -2.26. The predicted molar refractivity (Wildman–Crippen MR) is 80.6 cm³/mol. The van der Waals surface area contributed by atoms with Gasteiger partial charge in [0, 0.05) is 12.0 Å².